The van der Waals surface area contributed by atoms with E-state index in [4.69, 9.17) is 9.47 Å². The molecule has 0 saturated carbocycles. The number of Topliss-reactive ketones (excluding diaryl/α,β-unsaturated/α-hetero) is 1. The summed E-state index contributed by atoms with van der Waals surface area (Å²) in [6, 6.07) is 11.9. The molecule has 7 nitrogen and oxygen atoms in total. The number of aliphatic hydroxyl groups is 1. The molecule has 2 aromatic carbocycles. The van der Waals surface area contributed by atoms with E-state index in [2.05, 4.69) is 4.98 Å². The summed E-state index contributed by atoms with van der Waals surface area (Å²) < 4.78 is 10.6. The van der Waals surface area contributed by atoms with E-state index in [9.17, 15) is 14.7 Å². The highest BCUT2D eigenvalue weighted by atomic mass is 16.5. The van der Waals surface area contributed by atoms with Crippen molar-refractivity contribution in [2.45, 2.75) is 25.8 Å². The van der Waals surface area contributed by atoms with Gasteiger partial charge in [-0.15, -0.1) is 0 Å². The number of rotatable bonds is 7. The summed E-state index contributed by atoms with van der Waals surface area (Å²) in [7, 11) is 3.02. The number of aromatic nitrogens is 1. The summed E-state index contributed by atoms with van der Waals surface area (Å²) in [5.41, 5.74) is 2.12. The van der Waals surface area contributed by atoms with E-state index in [0.717, 1.165) is 29.3 Å². The van der Waals surface area contributed by atoms with Crippen LogP contribution >= 0.6 is 0 Å². The van der Waals surface area contributed by atoms with Crippen LogP contribution in [-0.4, -0.2) is 47.4 Å². The van der Waals surface area contributed by atoms with Crippen LogP contribution in [0.4, 0.5) is 0 Å². The number of fused-ring (bicyclic) bond motifs is 1. The Morgan fingerprint density at radius 1 is 1.09 bits per heavy atom. The van der Waals surface area contributed by atoms with Gasteiger partial charge in [-0.05, 0) is 30.7 Å². The lowest BCUT2D eigenvalue weighted by Gasteiger charge is -2.24. The van der Waals surface area contributed by atoms with Crippen LogP contribution in [-0.2, 0) is 9.59 Å². The quantitative estimate of drug-likeness (QED) is 0.327. The summed E-state index contributed by atoms with van der Waals surface area (Å²) in [6.45, 7) is 2.45. The lowest BCUT2D eigenvalue weighted by atomic mass is 9.94. The molecule has 2 N–H and O–H groups in total. The van der Waals surface area contributed by atoms with Crippen LogP contribution in [0.5, 0.6) is 11.5 Å². The molecule has 0 spiro atoms. The predicted molar refractivity (Wildman–Crippen MR) is 122 cm³/mol. The molecule has 1 fully saturated rings. The smallest absolute Gasteiger partial charge is 0.295 e. The van der Waals surface area contributed by atoms with Crippen LogP contribution in [0.1, 0.15) is 36.9 Å². The zero-order valence-corrected chi connectivity index (χ0v) is 18.3. The molecule has 4 rings (SSSR count). The number of H-pyrrole nitrogens is 1. The number of nitrogens with one attached hydrogen (secondary N) is 1. The Balaban J connectivity index is 1.91. The fourth-order valence-corrected chi connectivity index (χ4v) is 4.22. The average molecular weight is 434 g/mol. The van der Waals surface area contributed by atoms with Gasteiger partial charge in [0.2, 0.25) is 0 Å². The van der Waals surface area contributed by atoms with Gasteiger partial charge in [-0.25, -0.2) is 0 Å². The van der Waals surface area contributed by atoms with E-state index in [1.807, 2.05) is 37.4 Å². The number of methoxy groups -OCH3 is 2. The van der Waals surface area contributed by atoms with E-state index < -0.39 is 17.7 Å². The summed E-state index contributed by atoms with van der Waals surface area (Å²) in [5.74, 6) is -0.612. The fraction of sp³-hybridized carbons (Fsp3) is 0.280. The number of ketones is 1. The number of likely N-dealkylation sites (tertiary alicyclic amines) is 1. The van der Waals surface area contributed by atoms with E-state index >= 15 is 0 Å². The molecular weight excluding hydrogens is 408 g/mol. The second kappa shape index (κ2) is 8.78. The van der Waals surface area contributed by atoms with Crippen LogP contribution in [0.2, 0.25) is 0 Å². The first-order valence-corrected chi connectivity index (χ1v) is 10.6. The molecular formula is C25H26N2O5. The molecule has 7 heteroatoms. The van der Waals surface area contributed by atoms with Crippen molar-refractivity contribution < 1.29 is 24.2 Å². The molecule has 1 aliphatic rings. The van der Waals surface area contributed by atoms with Crippen LogP contribution in [0.3, 0.4) is 0 Å². The first-order chi connectivity index (χ1) is 15.5. The number of nitrogens with zero attached hydrogens (tertiary/aromatic N) is 1. The van der Waals surface area contributed by atoms with Crippen LogP contribution < -0.4 is 9.47 Å². The Hall–Kier alpha value is -3.74. The minimum Gasteiger partial charge on any atom is -0.507 e. The zero-order chi connectivity index (χ0) is 22.8. The Bertz CT molecular complexity index is 1210. The molecule has 3 aromatic rings. The fourth-order valence-electron chi connectivity index (χ4n) is 4.22. The van der Waals surface area contributed by atoms with E-state index in [1.54, 1.807) is 23.1 Å². The van der Waals surface area contributed by atoms with Gasteiger partial charge in [-0.1, -0.05) is 31.5 Å². The van der Waals surface area contributed by atoms with E-state index in [1.165, 1.54) is 14.2 Å². The third kappa shape index (κ3) is 3.49. The summed E-state index contributed by atoms with van der Waals surface area (Å²) in [6.07, 6.45) is 3.43. The number of amides is 1. The van der Waals surface area contributed by atoms with Crippen LogP contribution in [0.25, 0.3) is 16.7 Å². The van der Waals surface area contributed by atoms with Gasteiger partial charge in [0.1, 0.15) is 5.76 Å². The Kier molecular flexibility index (Phi) is 5.90. The molecule has 1 aromatic heterocycles. The number of carbonyl (C=O) groups excluding carboxylic acids is 2. The summed E-state index contributed by atoms with van der Waals surface area (Å²) in [4.78, 5) is 30.9. The molecule has 1 saturated heterocycles. The lowest BCUT2D eigenvalue weighted by Crippen LogP contribution is -2.30. The lowest BCUT2D eigenvalue weighted by molar-refractivity contribution is -0.139. The van der Waals surface area contributed by atoms with Gasteiger partial charge in [0.25, 0.3) is 11.7 Å². The van der Waals surface area contributed by atoms with Crippen molar-refractivity contribution in [3.8, 4) is 11.5 Å². The number of aliphatic hydroxyl groups excluding tert-OH is 1. The van der Waals surface area contributed by atoms with Gasteiger partial charge < -0.3 is 24.5 Å². The molecule has 1 atom stereocenters. The number of hydrogen-bond acceptors (Lipinski definition) is 5. The molecule has 1 unspecified atom stereocenters. The van der Waals surface area contributed by atoms with Gasteiger partial charge in [0.15, 0.2) is 11.5 Å². The van der Waals surface area contributed by atoms with Crippen molar-refractivity contribution in [3.63, 3.8) is 0 Å². The van der Waals surface area contributed by atoms with E-state index in [0.29, 0.717) is 23.6 Å². The second-order valence-electron chi connectivity index (χ2n) is 7.71. The Morgan fingerprint density at radius 3 is 2.56 bits per heavy atom. The molecule has 0 radical (unpaired) electrons. The first-order valence-electron chi connectivity index (χ1n) is 10.6. The van der Waals surface area contributed by atoms with Gasteiger partial charge in [0, 0.05) is 34.8 Å². The molecule has 1 amide bonds. The van der Waals surface area contributed by atoms with Crippen molar-refractivity contribution in [2.75, 3.05) is 20.8 Å². The van der Waals surface area contributed by atoms with Crippen molar-refractivity contribution in [2.24, 2.45) is 0 Å². The SMILES string of the molecule is CCCCN1C(=O)C(=O)/C(=C(/O)c2ccc(OC)c(OC)c2)C1c1c[nH]c2ccccc12. The number of unbranched alkanes of at least 4 members (excludes halogenated alkanes) is 1. The predicted octanol–water partition coefficient (Wildman–Crippen LogP) is 4.41. The standard InChI is InChI=1S/C25H26N2O5/c1-4-5-12-27-22(17-14-26-18-9-7-6-8-16(17)18)21(24(29)25(27)30)23(28)15-10-11-19(31-2)20(13-15)32-3/h6-11,13-14,22,26,28H,4-5,12H2,1-3H3/b23-21+. The third-order valence-electron chi connectivity index (χ3n) is 5.87. The number of aromatic amines is 1. The monoisotopic (exact) mass is 434 g/mol. The third-order valence-corrected chi connectivity index (χ3v) is 5.87. The number of benzene rings is 2. The van der Waals surface area contributed by atoms with Crippen LogP contribution in [0.15, 0.2) is 54.2 Å². The summed E-state index contributed by atoms with van der Waals surface area (Å²) >= 11 is 0. The minimum atomic E-state index is -0.691. The highest BCUT2D eigenvalue weighted by molar-refractivity contribution is 6.46. The molecule has 0 aliphatic carbocycles. The Morgan fingerprint density at radius 2 is 1.84 bits per heavy atom. The van der Waals surface area contributed by atoms with Gasteiger partial charge in [-0.3, -0.25) is 9.59 Å². The minimum absolute atomic E-state index is 0.0723. The number of ether oxygens (including phenoxy) is 2. The largest absolute Gasteiger partial charge is 0.507 e. The second-order valence-corrected chi connectivity index (χ2v) is 7.71. The number of para-hydroxylation sites is 1. The Labute approximate surface area is 186 Å². The molecule has 2 heterocycles. The summed E-state index contributed by atoms with van der Waals surface area (Å²) in [5, 5.41) is 12.2. The van der Waals surface area contributed by atoms with Gasteiger partial charge in [0.05, 0.1) is 25.8 Å². The highest BCUT2D eigenvalue weighted by Gasteiger charge is 2.46. The molecule has 0 bridgehead atoms. The maximum atomic E-state index is 13.1. The van der Waals surface area contributed by atoms with Crippen molar-refractivity contribution in [3.05, 3.63) is 65.4 Å². The molecule has 1 aliphatic heterocycles. The van der Waals surface area contributed by atoms with Crippen molar-refractivity contribution in [1.82, 2.24) is 9.88 Å². The average Bonchev–Trinajstić information content (AvgIpc) is 3.35. The molecule has 166 valence electrons. The van der Waals surface area contributed by atoms with Gasteiger partial charge >= 0.3 is 0 Å². The zero-order valence-electron chi connectivity index (χ0n) is 18.3. The van der Waals surface area contributed by atoms with Crippen molar-refractivity contribution >= 4 is 28.4 Å². The van der Waals surface area contributed by atoms with Crippen LogP contribution in [0, 0.1) is 0 Å². The van der Waals surface area contributed by atoms with Gasteiger partial charge in [-0.2, -0.15) is 0 Å². The first kappa shape index (κ1) is 21.5. The van der Waals surface area contributed by atoms with E-state index in [-0.39, 0.29) is 11.3 Å². The maximum Gasteiger partial charge on any atom is 0.295 e. The number of hydrogen-bond donors (Lipinski definition) is 2. The molecule has 32 heavy (non-hydrogen) atoms. The number of carbonyl (C=O) groups is 2. The highest BCUT2D eigenvalue weighted by Crippen LogP contribution is 2.42. The van der Waals surface area contributed by atoms with Crippen molar-refractivity contribution in [1.29, 1.82) is 0 Å². The topological polar surface area (TPSA) is 91.9 Å². The normalized spacial score (nSPS) is 17.8. The maximum absolute atomic E-state index is 13.1.